The van der Waals surface area contributed by atoms with Gasteiger partial charge in [0.2, 0.25) is 0 Å². The molecule has 0 aromatic heterocycles. The topological polar surface area (TPSA) is 72.0 Å². The van der Waals surface area contributed by atoms with Gasteiger partial charge in [0.1, 0.15) is 0 Å². The van der Waals surface area contributed by atoms with Gasteiger partial charge in [0.05, 0.1) is 31.5 Å². The number of hydrazone groups is 1. The van der Waals surface area contributed by atoms with E-state index in [1.807, 2.05) is 27.7 Å². The van der Waals surface area contributed by atoms with E-state index in [1.165, 1.54) is 18.9 Å². The molecule has 0 bridgehead atoms. The molecule has 0 aliphatic rings. The summed E-state index contributed by atoms with van der Waals surface area (Å²) in [5, 5.41) is 7.56. The lowest BCUT2D eigenvalue weighted by Gasteiger charge is -2.13. The quantitative estimate of drug-likeness (QED) is 0.511. The fourth-order valence-electron chi connectivity index (χ4n) is 2.97. The number of nitrogens with one attached hydrogen (secondary N) is 2. The van der Waals surface area contributed by atoms with Crippen LogP contribution in [0.2, 0.25) is 5.02 Å². The van der Waals surface area contributed by atoms with Gasteiger partial charge in [-0.1, -0.05) is 29.3 Å². The summed E-state index contributed by atoms with van der Waals surface area (Å²) in [4.78, 5) is 12.1. The maximum absolute atomic E-state index is 12.1. The van der Waals surface area contributed by atoms with Crippen molar-refractivity contribution in [2.75, 3.05) is 25.6 Å². The van der Waals surface area contributed by atoms with Crippen molar-refractivity contribution in [3.8, 4) is 11.5 Å². The van der Waals surface area contributed by atoms with Crippen LogP contribution in [0.4, 0.5) is 5.69 Å². The highest BCUT2D eigenvalue weighted by Gasteiger charge is 2.11. The van der Waals surface area contributed by atoms with E-state index in [0.29, 0.717) is 28.7 Å². The predicted molar refractivity (Wildman–Crippen MR) is 114 cm³/mol. The number of methoxy groups -OCH3 is 1. The van der Waals surface area contributed by atoms with Gasteiger partial charge < -0.3 is 14.8 Å². The van der Waals surface area contributed by atoms with E-state index in [-0.39, 0.29) is 12.5 Å². The number of anilines is 1. The molecule has 0 atom stereocenters. The summed E-state index contributed by atoms with van der Waals surface area (Å²) in [7, 11) is 1.53. The zero-order valence-corrected chi connectivity index (χ0v) is 17.6. The van der Waals surface area contributed by atoms with Crippen LogP contribution >= 0.6 is 11.6 Å². The lowest BCUT2D eigenvalue weighted by Crippen LogP contribution is -2.26. The predicted octanol–water partition coefficient (Wildman–Crippen LogP) is 4.23. The Bertz CT molecular complexity index is 858. The smallest absolute Gasteiger partial charge is 0.259 e. The van der Waals surface area contributed by atoms with Crippen LogP contribution in [0, 0.1) is 20.8 Å². The minimum Gasteiger partial charge on any atom is -0.491 e. The van der Waals surface area contributed by atoms with Crippen LogP contribution in [-0.2, 0) is 4.79 Å². The first-order chi connectivity index (χ1) is 13.3. The second-order valence-electron chi connectivity index (χ2n) is 6.39. The summed E-state index contributed by atoms with van der Waals surface area (Å²) in [5.74, 6) is 0.746. The number of amides is 1. The van der Waals surface area contributed by atoms with Gasteiger partial charge in [0.15, 0.2) is 11.5 Å². The highest BCUT2D eigenvalue weighted by Crippen LogP contribution is 2.35. The monoisotopic (exact) mass is 403 g/mol. The van der Waals surface area contributed by atoms with Crippen molar-refractivity contribution in [3.05, 3.63) is 51.5 Å². The molecule has 2 aromatic carbocycles. The van der Waals surface area contributed by atoms with Crippen molar-refractivity contribution in [1.29, 1.82) is 0 Å². The summed E-state index contributed by atoms with van der Waals surface area (Å²) in [6, 6.07) is 7.60. The van der Waals surface area contributed by atoms with E-state index in [0.717, 1.165) is 16.8 Å². The number of nitrogens with zero attached hydrogens (tertiary/aromatic N) is 1. The van der Waals surface area contributed by atoms with Gasteiger partial charge in [0, 0.05) is 5.69 Å². The van der Waals surface area contributed by atoms with E-state index in [9.17, 15) is 4.79 Å². The Kier molecular flexibility index (Phi) is 7.70. The minimum absolute atomic E-state index is 0.121. The zero-order valence-electron chi connectivity index (χ0n) is 16.9. The number of carbonyl (C=O) groups excluding carboxylic acids is 1. The van der Waals surface area contributed by atoms with Gasteiger partial charge in [0.25, 0.3) is 5.91 Å². The van der Waals surface area contributed by atoms with Crippen molar-refractivity contribution in [3.63, 3.8) is 0 Å². The van der Waals surface area contributed by atoms with Crippen LogP contribution in [0.1, 0.15) is 29.2 Å². The first kappa shape index (κ1) is 21.6. The normalized spacial score (nSPS) is 10.8. The molecule has 150 valence electrons. The molecule has 28 heavy (non-hydrogen) atoms. The average Bonchev–Trinajstić information content (AvgIpc) is 2.61. The van der Waals surface area contributed by atoms with E-state index in [2.05, 4.69) is 28.0 Å². The van der Waals surface area contributed by atoms with Crippen molar-refractivity contribution in [2.45, 2.75) is 27.7 Å². The van der Waals surface area contributed by atoms with Crippen LogP contribution in [0.25, 0.3) is 0 Å². The molecule has 0 unspecified atom stereocenters. The second-order valence-corrected chi connectivity index (χ2v) is 6.79. The molecule has 0 fully saturated rings. The Balaban J connectivity index is 1.98. The molecule has 0 saturated carbocycles. The summed E-state index contributed by atoms with van der Waals surface area (Å²) in [5.41, 5.74) is 7.56. The molecule has 0 spiro atoms. The van der Waals surface area contributed by atoms with E-state index >= 15 is 0 Å². The maximum Gasteiger partial charge on any atom is 0.259 e. The number of halogens is 1. The van der Waals surface area contributed by atoms with Crippen molar-refractivity contribution >= 4 is 29.4 Å². The standard InChI is InChI=1S/C21H26ClN3O3/c1-6-28-18-10-16(9-17(22)21(18)27-5)11-24-25-19(26)12-23-20-14(3)7-13(2)8-15(20)4/h7-11,23H,6,12H2,1-5H3,(H,25,26)/b24-11-. The Hall–Kier alpha value is -2.73. The molecule has 0 heterocycles. The van der Waals surface area contributed by atoms with Crippen molar-refractivity contribution in [1.82, 2.24) is 5.43 Å². The number of hydrogen-bond acceptors (Lipinski definition) is 5. The van der Waals surface area contributed by atoms with E-state index in [1.54, 1.807) is 12.1 Å². The highest BCUT2D eigenvalue weighted by molar-refractivity contribution is 6.32. The Labute approximate surface area is 170 Å². The molecule has 7 heteroatoms. The Morgan fingerprint density at radius 3 is 2.46 bits per heavy atom. The van der Waals surface area contributed by atoms with Crippen LogP contribution < -0.4 is 20.2 Å². The Morgan fingerprint density at radius 1 is 1.18 bits per heavy atom. The number of rotatable bonds is 8. The molecule has 2 aromatic rings. The molecule has 0 aliphatic heterocycles. The number of hydrogen-bond donors (Lipinski definition) is 2. The first-order valence-corrected chi connectivity index (χ1v) is 9.37. The molecule has 2 rings (SSSR count). The van der Waals surface area contributed by atoms with Gasteiger partial charge in [-0.25, -0.2) is 5.43 Å². The van der Waals surface area contributed by atoms with Gasteiger partial charge >= 0.3 is 0 Å². The molecule has 2 N–H and O–H groups in total. The van der Waals surface area contributed by atoms with E-state index < -0.39 is 0 Å². The fraction of sp³-hybridized carbons (Fsp3) is 0.333. The molecule has 0 radical (unpaired) electrons. The lowest BCUT2D eigenvalue weighted by molar-refractivity contribution is -0.119. The molecule has 6 nitrogen and oxygen atoms in total. The van der Waals surface area contributed by atoms with Gasteiger partial charge in [-0.3, -0.25) is 4.79 Å². The summed E-state index contributed by atoms with van der Waals surface area (Å²) in [6.07, 6.45) is 1.51. The average molecular weight is 404 g/mol. The summed E-state index contributed by atoms with van der Waals surface area (Å²) < 4.78 is 10.8. The zero-order chi connectivity index (χ0) is 20.7. The fourth-order valence-corrected chi connectivity index (χ4v) is 3.27. The molecular weight excluding hydrogens is 378 g/mol. The van der Waals surface area contributed by atoms with Crippen LogP contribution in [0.15, 0.2) is 29.4 Å². The van der Waals surface area contributed by atoms with Gasteiger partial charge in [-0.2, -0.15) is 5.10 Å². The van der Waals surface area contributed by atoms with Gasteiger partial charge in [-0.05, 0) is 56.5 Å². The maximum atomic E-state index is 12.1. The van der Waals surface area contributed by atoms with Crippen molar-refractivity contribution < 1.29 is 14.3 Å². The number of aryl methyl sites for hydroxylation is 3. The van der Waals surface area contributed by atoms with Crippen LogP contribution in [0.3, 0.4) is 0 Å². The number of carbonyl (C=O) groups is 1. The summed E-state index contributed by atoms with van der Waals surface area (Å²) >= 11 is 6.21. The second kappa shape index (κ2) is 9.99. The minimum atomic E-state index is -0.250. The SMILES string of the molecule is CCOc1cc(/C=N\NC(=O)CNc2c(C)cc(C)cc2C)cc(Cl)c1OC. The van der Waals surface area contributed by atoms with E-state index in [4.69, 9.17) is 21.1 Å². The third-order valence-corrected chi connectivity index (χ3v) is 4.32. The largest absolute Gasteiger partial charge is 0.491 e. The lowest BCUT2D eigenvalue weighted by atomic mass is 10.1. The summed E-state index contributed by atoms with van der Waals surface area (Å²) in [6.45, 7) is 8.55. The Morgan fingerprint density at radius 2 is 1.86 bits per heavy atom. The molecule has 0 saturated heterocycles. The molecular formula is C21H26ClN3O3. The molecule has 1 amide bonds. The van der Waals surface area contributed by atoms with Crippen LogP contribution in [-0.4, -0.2) is 32.4 Å². The van der Waals surface area contributed by atoms with Gasteiger partial charge in [-0.15, -0.1) is 0 Å². The van der Waals surface area contributed by atoms with Crippen LogP contribution in [0.5, 0.6) is 11.5 Å². The van der Waals surface area contributed by atoms with Crippen molar-refractivity contribution in [2.24, 2.45) is 5.10 Å². The highest BCUT2D eigenvalue weighted by atomic mass is 35.5. The number of benzene rings is 2. The molecule has 0 aliphatic carbocycles. The third-order valence-electron chi connectivity index (χ3n) is 4.04. The number of ether oxygens (including phenoxy) is 2. The first-order valence-electron chi connectivity index (χ1n) is 8.99. The third kappa shape index (κ3) is 5.63.